The molecule has 2 N–H and O–H groups in total. The van der Waals surface area contributed by atoms with Gasteiger partial charge in [-0.15, -0.1) is 0 Å². The molecule has 1 fully saturated rings. The normalized spacial score (nSPS) is 17.5. The molecule has 0 aromatic heterocycles. The van der Waals surface area contributed by atoms with Crippen LogP contribution in [0.25, 0.3) is 0 Å². The van der Waals surface area contributed by atoms with E-state index in [-0.39, 0.29) is 6.42 Å². The standard InChI is InChI=1S/C14H19NO2/c1-14(7-2-8-14)15-10-12-5-3-11(4-6-12)9-13(16)17/h3-6,15H,2,7-10H2,1H3,(H,16,17). The van der Waals surface area contributed by atoms with Gasteiger partial charge in [0.25, 0.3) is 0 Å². The summed E-state index contributed by atoms with van der Waals surface area (Å²) in [5.74, 6) is -0.780. The number of rotatable bonds is 5. The van der Waals surface area contributed by atoms with Crippen LogP contribution in [0.15, 0.2) is 24.3 Å². The van der Waals surface area contributed by atoms with Gasteiger partial charge in [-0.25, -0.2) is 0 Å². The number of carboxylic acid groups (broad SMARTS) is 1. The number of carbonyl (C=O) groups is 1. The summed E-state index contributed by atoms with van der Waals surface area (Å²) in [6.07, 6.45) is 3.93. The molecular formula is C14H19NO2. The molecular weight excluding hydrogens is 214 g/mol. The van der Waals surface area contributed by atoms with Crippen molar-refractivity contribution in [1.82, 2.24) is 5.32 Å². The fourth-order valence-electron chi connectivity index (χ4n) is 2.15. The Morgan fingerprint density at radius 3 is 2.35 bits per heavy atom. The third kappa shape index (κ3) is 3.30. The summed E-state index contributed by atoms with van der Waals surface area (Å²) in [7, 11) is 0. The second kappa shape index (κ2) is 4.88. The van der Waals surface area contributed by atoms with Crippen molar-refractivity contribution in [2.75, 3.05) is 0 Å². The zero-order chi connectivity index (χ0) is 12.3. The Morgan fingerprint density at radius 1 is 1.29 bits per heavy atom. The fourth-order valence-corrected chi connectivity index (χ4v) is 2.15. The van der Waals surface area contributed by atoms with Gasteiger partial charge in [-0.05, 0) is 37.3 Å². The second-order valence-corrected chi connectivity index (χ2v) is 5.15. The number of aliphatic carboxylic acids is 1. The Balaban J connectivity index is 1.87. The van der Waals surface area contributed by atoms with Gasteiger partial charge >= 0.3 is 5.97 Å². The van der Waals surface area contributed by atoms with Crippen LogP contribution in [-0.2, 0) is 17.8 Å². The Bertz CT molecular complexity index is 393. The molecule has 0 saturated heterocycles. The summed E-state index contributed by atoms with van der Waals surface area (Å²) >= 11 is 0. The third-order valence-corrected chi connectivity index (χ3v) is 3.55. The van der Waals surface area contributed by atoms with Gasteiger partial charge in [0.1, 0.15) is 0 Å². The molecule has 2 rings (SSSR count). The van der Waals surface area contributed by atoms with E-state index in [1.807, 2.05) is 24.3 Å². The molecule has 3 nitrogen and oxygen atoms in total. The van der Waals surface area contributed by atoms with Crippen LogP contribution in [0.4, 0.5) is 0 Å². The van der Waals surface area contributed by atoms with E-state index in [0.717, 1.165) is 12.1 Å². The topological polar surface area (TPSA) is 49.3 Å². The van der Waals surface area contributed by atoms with Gasteiger partial charge in [0.2, 0.25) is 0 Å². The maximum Gasteiger partial charge on any atom is 0.307 e. The number of benzene rings is 1. The number of hydrogen-bond donors (Lipinski definition) is 2. The molecule has 0 aliphatic heterocycles. The minimum Gasteiger partial charge on any atom is -0.481 e. The van der Waals surface area contributed by atoms with E-state index >= 15 is 0 Å². The van der Waals surface area contributed by atoms with E-state index in [9.17, 15) is 4.79 Å². The number of nitrogens with one attached hydrogen (secondary N) is 1. The highest BCUT2D eigenvalue weighted by Gasteiger charge is 2.30. The molecule has 0 atom stereocenters. The van der Waals surface area contributed by atoms with Crippen molar-refractivity contribution in [3.8, 4) is 0 Å². The fraction of sp³-hybridized carbons (Fsp3) is 0.500. The molecule has 0 radical (unpaired) electrons. The zero-order valence-corrected chi connectivity index (χ0v) is 10.2. The van der Waals surface area contributed by atoms with E-state index in [1.54, 1.807) is 0 Å². The summed E-state index contributed by atoms with van der Waals surface area (Å²) in [4.78, 5) is 10.5. The molecule has 1 saturated carbocycles. The van der Waals surface area contributed by atoms with E-state index in [2.05, 4.69) is 12.2 Å². The van der Waals surface area contributed by atoms with E-state index in [1.165, 1.54) is 24.8 Å². The van der Waals surface area contributed by atoms with Gasteiger partial charge in [0, 0.05) is 12.1 Å². The number of hydrogen-bond acceptors (Lipinski definition) is 2. The van der Waals surface area contributed by atoms with Gasteiger partial charge in [0.15, 0.2) is 0 Å². The predicted molar refractivity (Wildman–Crippen MR) is 66.9 cm³/mol. The average Bonchev–Trinajstić information content (AvgIpc) is 2.25. The maximum absolute atomic E-state index is 10.5. The van der Waals surface area contributed by atoms with Crippen molar-refractivity contribution in [2.45, 2.75) is 44.7 Å². The first kappa shape index (κ1) is 12.1. The van der Waals surface area contributed by atoms with Crippen LogP contribution in [0.2, 0.25) is 0 Å². The molecule has 0 spiro atoms. The molecule has 0 heterocycles. The Kier molecular flexibility index (Phi) is 3.48. The van der Waals surface area contributed by atoms with Crippen LogP contribution in [0.3, 0.4) is 0 Å². The smallest absolute Gasteiger partial charge is 0.307 e. The summed E-state index contributed by atoms with van der Waals surface area (Å²) in [5, 5.41) is 12.2. The Labute approximate surface area is 102 Å². The minimum atomic E-state index is -0.780. The van der Waals surface area contributed by atoms with Crippen LogP contribution >= 0.6 is 0 Å². The molecule has 1 aromatic carbocycles. The first-order valence-corrected chi connectivity index (χ1v) is 6.12. The Hall–Kier alpha value is -1.35. The van der Waals surface area contributed by atoms with Gasteiger partial charge in [0.05, 0.1) is 6.42 Å². The van der Waals surface area contributed by atoms with Gasteiger partial charge in [-0.3, -0.25) is 4.79 Å². The van der Waals surface area contributed by atoms with E-state index in [0.29, 0.717) is 5.54 Å². The van der Waals surface area contributed by atoms with Crippen LogP contribution in [0.5, 0.6) is 0 Å². The van der Waals surface area contributed by atoms with Crippen molar-refractivity contribution in [3.63, 3.8) is 0 Å². The van der Waals surface area contributed by atoms with Crippen molar-refractivity contribution < 1.29 is 9.90 Å². The first-order valence-electron chi connectivity index (χ1n) is 6.12. The first-order chi connectivity index (χ1) is 8.07. The van der Waals surface area contributed by atoms with Crippen LogP contribution in [-0.4, -0.2) is 16.6 Å². The lowest BCUT2D eigenvalue weighted by Crippen LogP contribution is -2.47. The maximum atomic E-state index is 10.5. The Morgan fingerprint density at radius 2 is 1.88 bits per heavy atom. The lowest BCUT2D eigenvalue weighted by atomic mass is 9.78. The molecule has 1 aromatic rings. The zero-order valence-electron chi connectivity index (χ0n) is 10.2. The van der Waals surface area contributed by atoms with Crippen molar-refractivity contribution in [1.29, 1.82) is 0 Å². The molecule has 3 heteroatoms. The summed E-state index contributed by atoms with van der Waals surface area (Å²) in [5.41, 5.74) is 2.39. The lowest BCUT2D eigenvalue weighted by molar-refractivity contribution is -0.136. The van der Waals surface area contributed by atoms with Crippen molar-refractivity contribution in [3.05, 3.63) is 35.4 Å². The SMILES string of the molecule is CC1(NCc2ccc(CC(=O)O)cc2)CCC1. The molecule has 92 valence electrons. The van der Waals surface area contributed by atoms with Crippen LogP contribution < -0.4 is 5.32 Å². The van der Waals surface area contributed by atoms with Gasteiger partial charge in [-0.1, -0.05) is 24.3 Å². The van der Waals surface area contributed by atoms with Gasteiger partial charge in [-0.2, -0.15) is 0 Å². The molecule has 0 unspecified atom stereocenters. The lowest BCUT2D eigenvalue weighted by Gasteiger charge is -2.39. The predicted octanol–water partition coefficient (Wildman–Crippen LogP) is 2.35. The van der Waals surface area contributed by atoms with Crippen LogP contribution in [0.1, 0.15) is 37.3 Å². The highest BCUT2D eigenvalue weighted by atomic mass is 16.4. The quantitative estimate of drug-likeness (QED) is 0.820. The van der Waals surface area contributed by atoms with E-state index < -0.39 is 5.97 Å². The molecule has 0 bridgehead atoms. The average molecular weight is 233 g/mol. The molecule has 0 amide bonds. The van der Waals surface area contributed by atoms with Crippen molar-refractivity contribution >= 4 is 5.97 Å². The summed E-state index contributed by atoms with van der Waals surface area (Å²) < 4.78 is 0. The molecule has 1 aliphatic rings. The van der Waals surface area contributed by atoms with Crippen molar-refractivity contribution in [2.24, 2.45) is 0 Å². The highest BCUT2D eigenvalue weighted by molar-refractivity contribution is 5.70. The summed E-state index contributed by atoms with van der Waals surface area (Å²) in [6.45, 7) is 3.12. The monoisotopic (exact) mass is 233 g/mol. The number of carboxylic acids is 1. The summed E-state index contributed by atoms with van der Waals surface area (Å²) in [6, 6.07) is 7.81. The highest BCUT2D eigenvalue weighted by Crippen LogP contribution is 2.31. The van der Waals surface area contributed by atoms with Crippen LogP contribution in [0, 0.1) is 0 Å². The second-order valence-electron chi connectivity index (χ2n) is 5.15. The minimum absolute atomic E-state index is 0.103. The third-order valence-electron chi connectivity index (χ3n) is 3.55. The molecule has 1 aliphatic carbocycles. The van der Waals surface area contributed by atoms with E-state index in [4.69, 9.17) is 5.11 Å². The molecule has 17 heavy (non-hydrogen) atoms. The van der Waals surface area contributed by atoms with Gasteiger partial charge < -0.3 is 10.4 Å². The largest absolute Gasteiger partial charge is 0.481 e.